The van der Waals surface area contributed by atoms with Crippen molar-refractivity contribution in [2.24, 2.45) is 5.41 Å². The number of nitrogens with one attached hydrogen (secondary N) is 2. The predicted octanol–water partition coefficient (Wildman–Crippen LogP) is 4.30. The summed E-state index contributed by atoms with van der Waals surface area (Å²) >= 11 is 0. The number of allylic oxidation sites excluding steroid dienone is 1. The molecule has 4 heteroatoms. The summed E-state index contributed by atoms with van der Waals surface area (Å²) in [5, 5.41) is 7.04. The number of fused-ring (bicyclic) bond motifs is 1. The van der Waals surface area contributed by atoms with Crippen LogP contribution in [0.4, 0.5) is 11.4 Å². The van der Waals surface area contributed by atoms with Crippen molar-refractivity contribution in [3.8, 4) is 0 Å². The molecule has 2 aliphatic rings. The molecule has 2 N–H and O–H groups in total. The number of para-hydroxylation sites is 2. The maximum atomic E-state index is 13.0. The minimum absolute atomic E-state index is 0.0309. The zero-order chi connectivity index (χ0) is 16.7. The van der Waals surface area contributed by atoms with Gasteiger partial charge in [0.1, 0.15) is 0 Å². The van der Waals surface area contributed by atoms with Crippen LogP contribution in [0.2, 0.25) is 0 Å². The molecule has 0 fully saturated rings. The van der Waals surface area contributed by atoms with Crippen LogP contribution in [0.15, 0.2) is 59.9 Å². The van der Waals surface area contributed by atoms with E-state index in [0.717, 1.165) is 34.8 Å². The van der Waals surface area contributed by atoms with Crippen LogP contribution in [0.1, 0.15) is 38.4 Å². The van der Waals surface area contributed by atoms with Gasteiger partial charge in [-0.1, -0.05) is 32.0 Å². The van der Waals surface area contributed by atoms with Gasteiger partial charge in [-0.15, -0.1) is 0 Å². The lowest BCUT2D eigenvalue weighted by Crippen LogP contribution is -2.31. The standard InChI is InChI=1S/C20H21N3O/c1-20(2)11-16-18(17(24)12-20)19(15-9-5-6-10-21-15)23-14-8-4-3-7-13(14)22-16/h3-10,19,22-23H,11-12H2,1-2H3/t19-/m1/s1. The molecule has 2 aromatic rings. The molecule has 4 nitrogen and oxygen atoms in total. The molecule has 0 radical (unpaired) electrons. The van der Waals surface area contributed by atoms with Gasteiger partial charge in [-0.05, 0) is 36.1 Å². The van der Waals surface area contributed by atoms with Gasteiger partial charge in [0, 0.05) is 23.9 Å². The maximum Gasteiger partial charge on any atom is 0.163 e. The number of carbonyl (C=O) groups is 1. The summed E-state index contributed by atoms with van der Waals surface area (Å²) in [5.41, 5.74) is 4.68. The number of pyridine rings is 1. The van der Waals surface area contributed by atoms with Gasteiger partial charge < -0.3 is 10.6 Å². The summed E-state index contributed by atoms with van der Waals surface area (Å²) < 4.78 is 0. The summed E-state index contributed by atoms with van der Waals surface area (Å²) in [6.45, 7) is 4.30. The van der Waals surface area contributed by atoms with Crippen molar-refractivity contribution in [2.45, 2.75) is 32.7 Å². The van der Waals surface area contributed by atoms with Crippen molar-refractivity contribution >= 4 is 17.2 Å². The molecule has 122 valence electrons. The molecular weight excluding hydrogens is 298 g/mol. The Labute approximate surface area is 142 Å². The van der Waals surface area contributed by atoms with Gasteiger partial charge >= 0.3 is 0 Å². The van der Waals surface area contributed by atoms with Crippen molar-refractivity contribution in [2.75, 3.05) is 10.6 Å². The zero-order valence-electron chi connectivity index (χ0n) is 14.0. The molecule has 24 heavy (non-hydrogen) atoms. The summed E-state index contributed by atoms with van der Waals surface area (Å²) in [7, 11) is 0. The van der Waals surface area contributed by atoms with Crippen molar-refractivity contribution in [1.29, 1.82) is 0 Å². The Morgan fingerprint density at radius 2 is 1.79 bits per heavy atom. The average Bonchev–Trinajstić information content (AvgIpc) is 2.70. The van der Waals surface area contributed by atoms with Crippen LogP contribution in [0.5, 0.6) is 0 Å². The van der Waals surface area contributed by atoms with E-state index in [9.17, 15) is 4.79 Å². The Bertz CT molecular complexity index is 824. The molecule has 4 rings (SSSR count). The van der Waals surface area contributed by atoms with Gasteiger partial charge in [0.15, 0.2) is 5.78 Å². The van der Waals surface area contributed by atoms with E-state index in [4.69, 9.17) is 0 Å². The highest BCUT2D eigenvalue weighted by atomic mass is 16.1. The molecular formula is C20H21N3O. The van der Waals surface area contributed by atoms with Crippen LogP contribution in [0, 0.1) is 5.41 Å². The molecule has 1 aliphatic heterocycles. The molecule has 0 amide bonds. The molecule has 0 saturated heterocycles. The van der Waals surface area contributed by atoms with E-state index in [0.29, 0.717) is 6.42 Å². The van der Waals surface area contributed by atoms with Gasteiger partial charge in [-0.2, -0.15) is 0 Å². The number of hydrogen-bond acceptors (Lipinski definition) is 4. The molecule has 0 spiro atoms. The summed E-state index contributed by atoms with van der Waals surface area (Å²) in [6.07, 6.45) is 3.20. The van der Waals surface area contributed by atoms with E-state index in [1.807, 2.05) is 42.5 Å². The highest BCUT2D eigenvalue weighted by molar-refractivity contribution is 6.01. The Kier molecular flexibility index (Phi) is 3.41. The van der Waals surface area contributed by atoms with E-state index >= 15 is 0 Å². The van der Waals surface area contributed by atoms with Gasteiger partial charge in [-0.3, -0.25) is 9.78 Å². The summed E-state index contributed by atoms with van der Waals surface area (Å²) in [6, 6.07) is 13.7. The highest BCUT2D eigenvalue weighted by Crippen LogP contribution is 2.44. The number of rotatable bonds is 1. The van der Waals surface area contributed by atoms with Crippen LogP contribution in [0.3, 0.4) is 0 Å². The topological polar surface area (TPSA) is 54.0 Å². The fourth-order valence-corrected chi connectivity index (χ4v) is 3.66. The number of aromatic nitrogens is 1. The van der Waals surface area contributed by atoms with E-state index in [2.05, 4.69) is 29.5 Å². The van der Waals surface area contributed by atoms with Crippen molar-refractivity contribution < 1.29 is 4.79 Å². The highest BCUT2D eigenvalue weighted by Gasteiger charge is 2.38. The Balaban J connectivity index is 1.89. The minimum Gasteiger partial charge on any atom is -0.371 e. The number of ketones is 1. The van der Waals surface area contributed by atoms with E-state index in [1.165, 1.54) is 0 Å². The molecule has 0 saturated carbocycles. The van der Waals surface area contributed by atoms with Crippen LogP contribution in [-0.4, -0.2) is 10.8 Å². The first-order valence-electron chi connectivity index (χ1n) is 8.33. The lowest BCUT2D eigenvalue weighted by molar-refractivity contribution is -0.118. The van der Waals surface area contributed by atoms with Crippen LogP contribution >= 0.6 is 0 Å². The van der Waals surface area contributed by atoms with Gasteiger partial charge in [-0.25, -0.2) is 0 Å². The molecule has 0 unspecified atom stereocenters. The number of carbonyl (C=O) groups excluding carboxylic acids is 1. The van der Waals surface area contributed by atoms with Gasteiger partial charge in [0.2, 0.25) is 0 Å². The zero-order valence-corrected chi connectivity index (χ0v) is 14.0. The first-order chi connectivity index (χ1) is 11.5. The summed E-state index contributed by atoms with van der Waals surface area (Å²) in [5.74, 6) is 0.199. The number of nitrogens with zero attached hydrogens (tertiary/aromatic N) is 1. The summed E-state index contributed by atoms with van der Waals surface area (Å²) in [4.78, 5) is 17.5. The van der Waals surface area contributed by atoms with Crippen LogP contribution in [0.25, 0.3) is 0 Å². The smallest absolute Gasteiger partial charge is 0.163 e. The molecule has 1 aliphatic carbocycles. The molecule has 0 bridgehead atoms. The van der Waals surface area contributed by atoms with Crippen molar-refractivity contribution in [1.82, 2.24) is 4.98 Å². The van der Waals surface area contributed by atoms with Gasteiger partial charge in [0.05, 0.1) is 23.1 Å². The fourth-order valence-electron chi connectivity index (χ4n) is 3.66. The van der Waals surface area contributed by atoms with Gasteiger partial charge in [0.25, 0.3) is 0 Å². The third-order valence-corrected chi connectivity index (χ3v) is 4.70. The third-order valence-electron chi connectivity index (χ3n) is 4.70. The Morgan fingerprint density at radius 1 is 1.04 bits per heavy atom. The van der Waals surface area contributed by atoms with Crippen LogP contribution < -0.4 is 10.6 Å². The number of Topliss-reactive ketones (excluding diaryl/α,β-unsaturated/α-hetero) is 1. The van der Waals surface area contributed by atoms with Crippen molar-refractivity contribution in [3.05, 3.63) is 65.6 Å². The second-order valence-corrected chi connectivity index (χ2v) is 7.34. The SMILES string of the molecule is CC1(C)CC(=O)C2=C(C1)Nc1ccccc1N[C@@H]2c1ccccn1. The molecule has 2 heterocycles. The van der Waals surface area contributed by atoms with E-state index in [1.54, 1.807) is 6.20 Å². The monoisotopic (exact) mass is 319 g/mol. The van der Waals surface area contributed by atoms with Crippen LogP contribution in [-0.2, 0) is 4.79 Å². The second-order valence-electron chi connectivity index (χ2n) is 7.34. The third kappa shape index (κ3) is 2.58. The molecule has 1 aromatic carbocycles. The Morgan fingerprint density at radius 3 is 2.54 bits per heavy atom. The predicted molar refractivity (Wildman–Crippen MR) is 95.7 cm³/mol. The second kappa shape index (κ2) is 5.48. The fraction of sp³-hybridized carbons (Fsp3) is 0.300. The average molecular weight is 319 g/mol. The lowest BCUT2D eigenvalue weighted by Gasteiger charge is -2.33. The Hall–Kier alpha value is -2.62. The molecule has 1 atom stereocenters. The van der Waals surface area contributed by atoms with E-state index < -0.39 is 0 Å². The number of anilines is 2. The first kappa shape index (κ1) is 14.9. The van der Waals surface area contributed by atoms with Crippen molar-refractivity contribution in [3.63, 3.8) is 0 Å². The normalized spacial score (nSPS) is 21.9. The number of hydrogen-bond donors (Lipinski definition) is 2. The molecule has 1 aromatic heterocycles. The maximum absolute atomic E-state index is 13.0. The lowest BCUT2D eigenvalue weighted by atomic mass is 9.74. The van der Waals surface area contributed by atoms with E-state index in [-0.39, 0.29) is 17.2 Å². The largest absolute Gasteiger partial charge is 0.371 e. The minimum atomic E-state index is -0.221. The first-order valence-corrected chi connectivity index (χ1v) is 8.33. The number of benzene rings is 1. The quantitative estimate of drug-likeness (QED) is 0.822.